The summed E-state index contributed by atoms with van der Waals surface area (Å²) in [5.74, 6) is -0.304. The van der Waals surface area contributed by atoms with Crippen LogP contribution in [0.1, 0.15) is 10.4 Å². The van der Waals surface area contributed by atoms with Crippen molar-refractivity contribution < 1.29 is 14.0 Å². The summed E-state index contributed by atoms with van der Waals surface area (Å²) in [5, 5.41) is 2.69. The van der Waals surface area contributed by atoms with Crippen molar-refractivity contribution in [3.05, 3.63) is 84.6 Å². The molecule has 5 nitrogen and oxygen atoms in total. The minimum atomic E-state index is -0.583. The van der Waals surface area contributed by atoms with E-state index in [1.807, 2.05) is 6.07 Å². The first-order chi connectivity index (χ1) is 11.3. The molecular weight excluding hydrogens is 292 g/mol. The zero-order valence-electron chi connectivity index (χ0n) is 12.2. The summed E-state index contributed by atoms with van der Waals surface area (Å²) >= 11 is 0. The van der Waals surface area contributed by atoms with Crippen LogP contribution in [0.25, 0.3) is 0 Å². The minimum absolute atomic E-state index is 0.160. The van der Waals surface area contributed by atoms with Crippen LogP contribution in [0.15, 0.2) is 83.5 Å². The molecule has 3 rings (SSSR count). The maximum Gasteiger partial charge on any atom is 0.335 e. The van der Waals surface area contributed by atoms with E-state index in [2.05, 4.69) is 5.32 Å². The summed E-state index contributed by atoms with van der Waals surface area (Å²) in [5.41, 5.74) is 0.988. The topological polar surface area (TPSA) is 62.6 Å². The molecule has 0 atom stereocenters. The average molecular weight is 306 g/mol. The van der Waals surface area contributed by atoms with Crippen LogP contribution in [-0.2, 0) is 0 Å². The van der Waals surface area contributed by atoms with Gasteiger partial charge in [-0.1, -0.05) is 36.4 Å². The number of hydrogen-bond acceptors (Lipinski definition) is 3. The monoisotopic (exact) mass is 306 g/mol. The van der Waals surface area contributed by atoms with E-state index in [9.17, 15) is 9.59 Å². The van der Waals surface area contributed by atoms with Gasteiger partial charge in [-0.15, -0.1) is 0 Å². The number of imide groups is 1. The van der Waals surface area contributed by atoms with Crippen LogP contribution in [-0.4, -0.2) is 11.9 Å². The Morgan fingerprint density at radius 1 is 0.826 bits per heavy atom. The van der Waals surface area contributed by atoms with E-state index in [1.165, 1.54) is 6.26 Å². The number of hydrogen-bond donors (Lipinski definition) is 1. The lowest BCUT2D eigenvalue weighted by Crippen LogP contribution is -2.40. The second-order valence-electron chi connectivity index (χ2n) is 4.75. The van der Waals surface area contributed by atoms with Crippen molar-refractivity contribution in [2.45, 2.75) is 0 Å². The van der Waals surface area contributed by atoms with Crippen molar-refractivity contribution in [2.24, 2.45) is 0 Å². The minimum Gasteiger partial charge on any atom is -0.448 e. The first kappa shape index (κ1) is 14.6. The van der Waals surface area contributed by atoms with Crippen molar-refractivity contribution >= 4 is 23.5 Å². The molecular formula is C18H14N2O3. The maximum absolute atomic E-state index is 12.7. The maximum atomic E-state index is 12.7. The van der Waals surface area contributed by atoms with E-state index < -0.39 is 11.9 Å². The van der Waals surface area contributed by atoms with Gasteiger partial charge in [-0.3, -0.25) is 4.79 Å². The van der Waals surface area contributed by atoms with Crippen LogP contribution >= 0.6 is 0 Å². The standard InChI is InChI=1S/C18H14N2O3/c21-17(14-8-3-1-4-9-14)20(16-12-7-13-23-16)18(22)19-15-10-5-2-6-11-15/h1-13H,(H,19,22). The van der Waals surface area contributed by atoms with Gasteiger partial charge in [-0.05, 0) is 30.3 Å². The molecule has 0 spiro atoms. The molecule has 0 saturated carbocycles. The Labute approximate surface area is 133 Å². The Hall–Kier alpha value is -3.34. The highest BCUT2D eigenvalue weighted by Crippen LogP contribution is 2.19. The third-order valence-corrected chi connectivity index (χ3v) is 3.18. The highest BCUT2D eigenvalue weighted by molar-refractivity contribution is 6.23. The van der Waals surface area contributed by atoms with Gasteiger partial charge in [0.05, 0.1) is 6.26 Å². The van der Waals surface area contributed by atoms with E-state index >= 15 is 0 Å². The summed E-state index contributed by atoms with van der Waals surface area (Å²) in [7, 11) is 0. The largest absolute Gasteiger partial charge is 0.448 e. The van der Waals surface area contributed by atoms with Crippen molar-refractivity contribution in [3.63, 3.8) is 0 Å². The summed E-state index contributed by atoms with van der Waals surface area (Å²) < 4.78 is 5.24. The van der Waals surface area contributed by atoms with E-state index in [0.717, 1.165) is 4.90 Å². The van der Waals surface area contributed by atoms with Crippen LogP contribution in [0.4, 0.5) is 16.4 Å². The van der Waals surface area contributed by atoms with Gasteiger partial charge in [-0.2, -0.15) is 4.90 Å². The zero-order chi connectivity index (χ0) is 16.1. The number of furan rings is 1. The third-order valence-electron chi connectivity index (χ3n) is 3.18. The fraction of sp³-hybridized carbons (Fsp3) is 0. The predicted molar refractivity (Wildman–Crippen MR) is 87.4 cm³/mol. The normalized spacial score (nSPS) is 10.1. The molecule has 1 N–H and O–H groups in total. The molecule has 0 aliphatic heterocycles. The van der Waals surface area contributed by atoms with Crippen molar-refractivity contribution in [2.75, 3.05) is 10.2 Å². The van der Waals surface area contributed by atoms with E-state index in [-0.39, 0.29) is 5.88 Å². The summed E-state index contributed by atoms with van der Waals surface area (Å²) in [6, 6.07) is 20.1. The molecule has 0 fully saturated rings. The third kappa shape index (κ3) is 3.29. The van der Waals surface area contributed by atoms with Crippen molar-refractivity contribution in [1.29, 1.82) is 0 Å². The summed E-state index contributed by atoms with van der Waals surface area (Å²) in [4.78, 5) is 26.2. The predicted octanol–water partition coefficient (Wildman–Crippen LogP) is 4.16. The lowest BCUT2D eigenvalue weighted by atomic mass is 10.2. The van der Waals surface area contributed by atoms with E-state index in [1.54, 1.807) is 66.7 Å². The fourth-order valence-corrected chi connectivity index (χ4v) is 2.10. The molecule has 23 heavy (non-hydrogen) atoms. The van der Waals surface area contributed by atoms with Gasteiger partial charge >= 0.3 is 6.03 Å². The molecule has 1 aromatic heterocycles. The zero-order valence-corrected chi connectivity index (χ0v) is 12.2. The number of carbonyl (C=O) groups excluding carboxylic acids is 2. The molecule has 2 aromatic carbocycles. The van der Waals surface area contributed by atoms with Gasteiger partial charge in [-0.25, -0.2) is 4.79 Å². The van der Waals surface area contributed by atoms with E-state index in [4.69, 9.17) is 4.42 Å². The van der Waals surface area contributed by atoms with Gasteiger partial charge in [0.2, 0.25) is 5.88 Å². The quantitative estimate of drug-likeness (QED) is 0.790. The number of carbonyl (C=O) groups is 2. The SMILES string of the molecule is O=C(Nc1ccccc1)N(C(=O)c1ccccc1)c1ccco1. The molecule has 114 valence electrons. The van der Waals surface area contributed by atoms with E-state index in [0.29, 0.717) is 11.3 Å². The molecule has 3 amide bonds. The number of benzene rings is 2. The molecule has 5 heteroatoms. The molecule has 0 aliphatic rings. The first-order valence-corrected chi connectivity index (χ1v) is 7.05. The molecule has 0 radical (unpaired) electrons. The van der Waals surface area contributed by atoms with Crippen LogP contribution in [0, 0.1) is 0 Å². The van der Waals surface area contributed by atoms with Crippen LogP contribution in [0.3, 0.4) is 0 Å². The highest BCUT2D eigenvalue weighted by Gasteiger charge is 2.26. The van der Waals surface area contributed by atoms with Crippen molar-refractivity contribution in [1.82, 2.24) is 0 Å². The summed E-state index contributed by atoms with van der Waals surface area (Å²) in [6.45, 7) is 0. The Bertz CT molecular complexity index is 784. The smallest absolute Gasteiger partial charge is 0.335 e. The number of nitrogens with one attached hydrogen (secondary N) is 1. The second kappa shape index (κ2) is 6.62. The Kier molecular flexibility index (Phi) is 4.20. The van der Waals surface area contributed by atoms with Gasteiger partial charge in [0.1, 0.15) is 0 Å². The lowest BCUT2D eigenvalue weighted by molar-refractivity contribution is 0.0992. The first-order valence-electron chi connectivity index (χ1n) is 7.05. The van der Waals surface area contributed by atoms with Crippen LogP contribution in [0.2, 0.25) is 0 Å². The Balaban J connectivity index is 1.90. The average Bonchev–Trinajstić information content (AvgIpc) is 3.11. The number of anilines is 2. The number of nitrogens with zero attached hydrogens (tertiary/aromatic N) is 1. The second-order valence-corrected chi connectivity index (χ2v) is 4.75. The number of rotatable bonds is 3. The Morgan fingerprint density at radius 3 is 2.09 bits per heavy atom. The number of amides is 3. The summed E-state index contributed by atoms with van der Waals surface area (Å²) in [6.07, 6.45) is 1.41. The Morgan fingerprint density at radius 2 is 1.48 bits per heavy atom. The molecule has 0 aliphatic carbocycles. The molecule has 0 unspecified atom stereocenters. The van der Waals surface area contributed by atoms with Gasteiger partial charge in [0.25, 0.3) is 5.91 Å². The molecule has 1 heterocycles. The highest BCUT2D eigenvalue weighted by atomic mass is 16.4. The van der Waals surface area contributed by atoms with Gasteiger partial charge in [0.15, 0.2) is 0 Å². The molecule has 0 saturated heterocycles. The van der Waals surface area contributed by atoms with Gasteiger partial charge < -0.3 is 9.73 Å². The molecule has 3 aromatic rings. The van der Waals surface area contributed by atoms with Gasteiger partial charge in [0, 0.05) is 17.3 Å². The fourth-order valence-electron chi connectivity index (χ4n) is 2.10. The van der Waals surface area contributed by atoms with Crippen molar-refractivity contribution in [3.8, 4) is 0 Å². The molecule has 0 bridgehead atoms. The van der Waals surface area contributed by atoms with Crippen LogP contribution < -0.4 is 10.2 Å². The number of urea groups is 1. The van der Waals surface area contributed by atoms with Crippen LogP contribution in [0.5, 0.6) is 0 Å². The lowest BCUT2D eigenvalue weighted by Gasteiger charge is -2.18. The number of para-hydroxylation sites is 1.